The van der Waals surface area contributed by atoms with Gasteiger partial charge in [0, 0.05) is 18.0 Å². The molecular formula is C15H11N3O3S. The maximum Gasteiger partial charge on any atom is 0.347 e. The highest BCUT2D eigenvalue weighted by Crippen LogP contribution is 2.17. The number of carbonyl (C=O) groups is 1. The molecule has 0 atom stereocenters. The zero-order valence-electron chi connectivity index (χ0n) is 11.6. The predicted octanol–water partition coefficient (Wildman–Crippen LogP) is 2.33. The van der Waals surface area contributed by atoms with Crippen LogP contribution in [0, 0.1) is 6.92 Å². The summed E-state index contributed by atoms with van der Waals surface area (Å²) in [5.74, 6) is -1.07. The molecule has 7 heteroatoms. The van der Waals surface area contributed by atoms with E-state index in [9.17, 15) is 9.59 Å². The molecule has 6 nitrogen and oxygen atoms in total. The summed E-state index contributed by atoms with van der Waals surface area (Å²) in [7, 11) is 0. The quantitative estimate of drug-likeness (QED) is 0.802. The molecule has 0 aliphatic heterocycles. The maximum atomic E-state index is 12.3. The van der Waals surface area contributed by atoms with Crippen LogP contribution in [-0.4, -0.2) is 25.4 Å². The number of thiazole rings is 1. The van der Waals surface area contributed by atoms with Gasteiger partial charge in [0.2, 0.25) is 0 Å². The van der Waals surface area contributed by atoms with Crippen molar-refractivity contribution in [1.29, 1.82) is 0 Å². The molecule has 0 saturated carbocycles. The fraction of sp³-hybridized carbons (Fsp3) is 0.0667. The van der Waals surface area contributed by atoms with E-state index in [4.69, 9.17) is 5.11 Å². The predicted molar refractivity (Wildman–Crippen MR) is 84.2 cm³/mol. The number of fused-ring (bicyclic) bond motifs is 1. The van der Waals surface area contributed by atoms with E-state index >= 15 is 0 Å². The maximum absolute atomic E-state index is 12.3. The Hall–Kier alpha value is -2.80. The number of carboxylic acids is 1. The minimum absolute atomic E-state index is 0.0786. The molecule has 0 radical (unpaired) electrons. The first-order valence-corrected chi connectivity index (χ1v) is 7.23. The molecule has 110 valence electrons. The van der Waals surface area contributed by atoms with Gasteiger partial charge in [-0.1, -0.05) is 17.4 Å². The normalized spacial score (nSPS) is 11.3. The van der Waals surface area contributed by atoms with E-state index in [0.717, 1.165) is 17.0 Å². The second kappa shape index (κ2) is 5.53. The summed E-state index contributed by atoms with van der Waals surface area (Å²) in [4.78, 5) is 32.2. The Morgan fingerprint density at radius 3 is 2.86 bits per heavy atom. The van der Waals surface area contributed by atoms with Gasteiger partial charge < -0.3 is 5.11 Å². The standard InChI is InChI=1S/C15H11N3O3S/c1-9-11(6-5-10-4-2-3-7-16-10)17-15-18(13(9)19)8-12(22-15)14(20)21/h2-8H,1H3,(H,20,21)/b6-5+. The second-order valence-corrected chi connectivity index (χ2v) is 5.58. The lowest BCUT2D eigenvalue weighted by Gasteiger charge is -2.00. The van der Waals surface area contributed by atoms with Gasteiger partial charge in [-0.05, 0) is 31.2 Å². The number of hydrogen-bond donors (Lipinski definition) is 1. The van der Waals surface area contributed by atoms with Gasteiger partial charge in [-0.25, -0.2) is 9.78 Å². The fourth-order valence-electron chi connectivity index (χ4n) is 1.95. The topological polar surface area (TPSA) is 84.6 Å². The molecule has 3 aromatic rings. The Morgan fingerprint density at radius 2 is 2.18 bits per heavy atom. The van der Waals surface area contributed by atoms with Crippen LogP contribution < -0.4 is 5.56 Å². The summed E-state index contributed by atoms with van der Waals surface area (Å²) in [6.45, 7) is 1.66. The molecule has 0 aliphatic carbocycles. The zero-order valence-corrected chi connectivity index (χ0v) is 12.4. The number of nitrogens with zero attached hydrogens (tertiary/aromatic N) is 3. The monoisotopic (exact) mass is 313 g/mol. The molecular weight excluding hydrogens is 302 g/mol. The van der Waals surface area contributed by atoms with Crippen molar-refractivity contribution >= 4 is 34.4 Å². The zero-order chi connectivity index (χ0) is 15.7. The van der Waals surface area contributed by atoms with Crippen LogP contribution in [0.25, 0.3) is 17.1 Å². The Kier molecular flexibility index (Phi) is 3.56. The Balaban J connectivity index is 2.10. The molecule has 0 bridgehead atoms. The van der Waals surface area contributed by atoms with Crippen molar-refractivity contribution in [1.82, 2.24) is 14.4 Å². The lowest BCUT2D eigenvalue weighted by Crippen LogP contribution is -2.17. The van der Waals surface area contributed by atoms with Crippen LogP contribution >= 0.6 is 11.3 Å². The minimum Gasteiger partial charge on any atom is -0.477 e. The number of carboxylic acid groups (broad SMARTS) is 1. The van der Waals surface area contributed by atoms with E-state index in [1.165, 1.54) is 10.6 Å². The summed E-state index contributed by atoms with van der Waals surface area (Å²) in [6, 6.07) is 5.52. The van der Waals surface area contributed by atoms with E-state index < -0.39 is 5.97 Å². The summed E-state index contributed by atoms with van der Waals surface area (Å²) in [6.07, 6.45) is 6.45. The molecule has 3 rings (SSSR count). The van der Waals surface area contributed by atoms with E-state index in [-0.39, 0.29) is 10.4 Å². The summed E-state index contributed by atoms with van der Waals surface area (Å²) in [5.41, 5.74) is 1.45. The van der Waals surface area contributed by atoms with Gasteiger partial charge in [0.1, 0.15) is 4.88 Å². The molecule has 0 aromatic carbocycles. The van der Waals surface area contributed by atoms with Crippen molar-refractivity contribution < 1.29 is 9.90 Å². The lowest BCUT2D eigenvalue weighted by atomic mass is 10.2. The molecule has 0 unspecified atom stereocenters. The van der Waals surface area contributed by atoms with Gasteiger partial charge in [0.25, 0.3) is 5.56 Å². The fourth-order valence-corrected chi connectivity index (χ4v) is 2.77. The molecule has 0 fully saturated rings. The van der Waals surface area contributed by atoms with Crippen molar-refractivity contribution in [3.63, 3.8) is 0 Å². The number of pyridine rings is 1. The molecule has 0 spiro atoms. The molecule has 0 saturated heterocycles. The Morgan fingerprint density at radius 1 is 1.36 bits per heavy atom. The van der Waals surface area contributed by atoms with Gasteiger partial charge in [-0.15, -0.1) is 0 Å². The van der Waals surface area contributed by atoms with E-state index in [2.05, 4.69) is 9.97 Å². The number of rotatable bonds is 3. The highest BCUT2D eigenvalue weighted by Gasteiger charge is 2.13. The van der Waals surface area contributed by atoms with Crippen LogP contribution in [-0.2, 0) is 0 Å². The highest BCUT2D eigenvalue weighted by molar-refractivity contribution is 7.18. The SMILES string of the molecule is Cc1c(/C=C/c2ccccn2)nc2sc(C(=O)O)cn2c1=O. The third kappa shape index (κ3) is 2.53. The summed E-state index contributed by atoms with van der Waals surface area (Å²) >= 11 is 0.967. The van der Waals surface area contributed by atoms with Crippen molar-refractivity contribution in [2.45, 2.75) is 6.92 Å². The largest absolute Gasteiger partial charge is 0.477 e. The van der Waals surface area contributed by atoms with E-state index in [1.807, 2.05) is 18.2 Å². The first kappa shape index (κ1) is 14.2. The van der Waals surface area contributed by atoms with Crippen molar-refractivity contribution in [2.75, 3.05) is 0 Å². The molecule has 3 heterocycles. The molecule has 3 aromatic heterocycles. The summed E-state index contributed by atoms with van der Waals surface area (Å²) < 4.78 is 1.27. The van der Waals surface area contributed by atoms with E-state index in [1.54, 1.807) is 25.3 Å². The highest BCUT2D eigenvalue weighted by atomic mass is 32.1. The molecule has 0 aliphatic rings. The van der Waals surface area contributed by atoms with E-state index in [0.29, 0.717) is 16.2 Å². The van der Waals surface area contributed by atoms with Crippen LogP contribution in [0.5, 0.6) is 0 Å². The molecule has 1 N–H and O–H groups in total. The van der Waals surface area contributed by atoms with Crippen molar-refractivity contribution in [2.24, 2.45) is 0 Å². The van der Waals surface area contributed by atoms with Gasteiger partial charge in [0.05, 0.1) is 11.4 Å². The van der Waals surface area contributed by atoms with Crippen molar-refractivity contribution in [3.8, 4) is 0 Å². The average molecular weight is 313 g/mol. The first-order chi connectivity index (χ1) is 10.6. The smallest absolute Gasteiger partial charge is 0.347 e. The molecule has 0 amide bonds. The summed E-state index contributed by atoms with van der Waals surface area (Å²) in [5, 5.41) is 9.01. The average Bonchev–Trinajstić information content (AvgIpc) is 2.95. The Bertz CT molecular complexity index is 942. The van der Waals surface area contributed by atoms with Crippen LogP contribution in [0.15, 0.2) is 35.4 Å². The van der Waals surface area contributed by atoms with Gasteiger partial charge >= 0.3 is 5.97 Å². The van der Waals surface area contributed by atoms with Gasteiger partial charge in [0.15, 0.2) is 4.96 Å². The van der Waals surface area contributed by atoms with Crippen LogP contribution in [0.4, 0.5) is 0 Å². The Labute approximate surface area is 129 Å². The molecule has 22 heavy (non-hydrogen) atoms. The number of hydrogen-bond acceptors (Lipinski definition) is 5. The lowest BCUT2D eigenvalue weighted by molar-refractivity contribution is 0.0702. The first-order valence-electron chi connectivity index (χ1n) is 6.41. The van der Waals surface area contributed by atoms with Gasteiger partial charge in [-0.2, -0.15) is 0 Å². The number of aromatic nitrogens is 3. The van der Waals surface area contributed by atoms with Crippen molar-refractivity contribution in [3.05, 3.63) is 62.8 Å². The third-order valence-electron chi connectivity index (χ3n) is 3.10. The third-order valence-corrected chi connectivity index (χ3v) is 4.07. The second-order valence-electron chi connectivity index (χ2n) is 4.57. The van der Waals surface area contributed by atoms with Crippen LogP contribution in [0.3, 0.4) is 0 Å². The minimum atomic E-state index is -1.07. The van der Waals surface area contributed by atoms with Crippen LogP contribution in [0.1, 0.15) is 26.6 Å². The number of aromatic carboxylic acids is 1. The van der Waals surface area contributed by atoms with Crippen LogP contribution in [0.2, 0.25) is 0 Å². The van der Waals surface area contributed by atoms with Gasteiger partial charge in [-0.3, -0.25) is 14.2 Å².